The first-order chi connectivity index (χ1) is 9.16. The van der Waals surface area contributed by atoms with Gasteiger partial charge in [-0.15, -0.1) is 0 Å². The Morgan fingerprint density at radius 2 is 2.05 bits per heavy atom. The summed E-state index contributed by atoms with van der Waals surface area (Å²) >= 11 is 0. The molecule has 0 atom stereocenters. The molecule has 0 saturated carbocycles. The van der Waals surface area contributed by atoms with Crippen molar-refractivity contribution in [3.8, 4) is 0 Å². The fourth-order valence-corrected chi connectivity index (χ4v) is 1.78. The van der Waals surface area contributed by atoms with E-state index in [4.69, 9.17) is 0 Å². The zero-order valence-corrected chi connectivity index (χ0v) is 11.2. The Kier molecular flexibility index (Phi) is 4.23. The summed E-state index contributed by atoms with van der Waals surface area (Å²) in [6.07, 6.45) is 4.42. The molecule has 0 aliphatic heterocycles. The van der Waals surface area contributed by atoms with Gasteiger partial charge in [0.2, 0.25) is 0 Å². The number of Topliss-reactive ketones (excluding diaryl/α,β-unsaturated/α-hetero) is 1. The number of anilines is 1. The number of hydrogen-bond donors (Lipinski definition) is 0. The van der Waals surface area contributed by atoms with E-state index in [1.807, 2.05) is 31.3 Å². The molecular weight excluding hydrogens is 238 g/mol. The molecule has 98 valence electrons. The van der Waals surface area contributed by atoms with Gasteiger partial charge in [-0.2, -0.15) is 0 Å². The van der Waals surface area contributed by atoms with Crippen LogP contribution in [-0.4, -0.2) is 29.3 Å². The molecule has 0 unspecified atom stereocenters. The summed E-state index contributed by atoms with van der Waals surface area (Å²) in [4.78, 5) is 21.7. The molecule has 0 aliphatic rings. The molecule has 0 spiro atoms. The van der Waals surface area contributed by atoms with Crippen LogP contribution in [0, 0.1) is 0 Å². The van der Waals surface area contributed by atoms with Crippen molar-refractivity contribution in [3.63, 3.8) is 0 Å². The lowest BCUT2D eigenvalue weighted by Gasteiger charge is -2.18. The van der Waals surface area contributed by atoms with Gasteiger partial charge in [0.15, 0.2) is 5.78 Å². The number of pyridine rings is 2. The van der Waals surface area contributed by atoms with Crippen LogP contribution in [0.25, 0.3) is 0 Å². The second-order valence-electron chi connectivity index (χ2n) is 4.45. The molecule has 0 bridgehead atoms. The van der Waals surface area contributed by atoms with Crippen LogP contribution < -0.4 is 4.90 Å². The lowest BCUT2D eigenvalue weighted by molar-refractivity contribution is 0.101. The van der Waals surface area contributed by atoms with E-state index in [9.17, 15) is 4.79 Å². The van der Waals surface area contributed by atoms with E-state index in [0.717, 1.165) is 24.3 Å². The van der Waals surface area contributed by atoms with Gasteiger partial charge in [-0.05, 0) is 24.3 Å². The number of aromatic nitrogens is 2. The maximum absolute atomic E-state index is 11.2. The highest BCUT2D eigenvalue weighted by atomic mass is 16.1. The number of rotatable bonds is 5. The van der Waals surface area contributed by atoms with E-state index in [1.165, 1.54) is 6.92 Å². The minimum atomic E-state index is -0.0114. The van der Waals surface area contributed by atoms with Crippen molar-refractivity contribution >= 4 is 11.5 Å². The molecule has 0 amide bonds. The Balaban J connectivity index is 1.96. The standard InChI is InChI=1S/C15H17N3O/c1-12(19)15-7-6-14(11-17-15)18(2)10-8-13-5-3-4-9-16-13/h3-7,9,11H,8,10H2,1-2H3. The molecule has 2 rings (SSSR count). The van der Waals surface area contributed by atoms with Crippen LogP contribution >= 0.6 is 0 Å². The fraction of sp³-hybridized carbons (Fsp3) is 0.267. The number of likely N-dealkylation sites (N-methyl/N-ethyl adjacent to an activating group) is 1. The molecule has 2 heterocycles. The molecule has 0 saturated heterocycles. The van der Waals surface area contributed by atoms with E-state index >= 15 is 0 Å². The van der Waals surface area contributed by atoms with Gasteiger partial charge in [-0.3, -0.25) is 14.8 Å². The predicted molar refractivity (Wildman–Crippen MR) is 75.5 cm³/mol. The van der Waals surface area contributed by atoms with Crippen molar-refractivity contribution in [2.75, 3.05) is 18.5 Å². The van der Waals surface area contributed by atoms with Gasteiger partial charge in [-0.1, -0.05) is 6.07 Å². The summed E-state index contributed by atoms with van der Waals surface area (Å²) in [5, 5.41) is 0. The largest absolute Gasteiger partial charge is 0.373 e. The first-order valence-corrected chi connectivity index (χ1v) is 6.25. The highest BCUT2D eigenvalue weighted by Crippen LogP contribution is 2.12. The van der Waals surface area contributed by atoms with Crippen molar-refractivity contribution in [1.29, 1.82) is 0 Å². The third kappa shape index (κ3) is 3.61. The Labute approximate surface area is 113 Å². The topological polar surface area (TPSA) is 46.1 Å². The van der Waals surface area contributed by atoms with Gasteiger partial charge in [0.25, 0.3) is 0 Å². The SMILES string of the molecule is CC(=O)c1ccc(N(C)CCc2ccccn2)cn1. The van der Waals surface area contributed by atoms with E-state index in [1.54, 1.807) is 18.5 Å². The molecule has 19 heavy (non-hydrogen) atoms. The Bertz CT molecular complexity index is 537. The lowest BCUT2D eigenvalue weighted by atomic mass is 10.2. The monoisotopic (exact) mass is 255 g/mol. The summed E-state index contributed by atoms with van der Waals surface area (Å²) in [7, 11) is 2.01. The van der Waals surface area contributed by atoms with Gasteiger partial charge in [-0.25, -0.2) is 0 Å². The second kappa shape index (κ2) is 6.09. The van der Waals surface area contributed by atoms with E-state index < -0.39 is 0 Å². The van der Waals surface area contributed by atoms with Crippen LogP contribution in [0.15, 0.2) is 42.7 Å². The van der Waals surface area contributed by atoms with Crippen molar-refractivity contribution in [2.45, 2.75) is 13.3 Å². The van der Waals surface area contributed by atoms with E-state index in [0.29, 0.717) is 5.69 Å². The third-order valence-electron chi connectivity index (χ3n) is 2.98. The van der Waals surface area contributed by atoms with Crippen molar-refractivity contribution < 1.29 is 4.79 Å². The van der Waals surface area contributed by atoms with Crippen LogP contribution in [-0.2, 0) is 6.42 Å². The highest BCUT2D eigenvalue weighted by molar-refractivity contribution is 5.92. The van der Waals surface area contributed by atoms with Crippen LogP contribution in [0.1, 0.15) is 23.1 Å². The maximum atomic E-state index is 11.2. The fourth-order valence-electron chi connectivity index (χ4n) is 1.78. The minimum absolute atomic E-state index is 0.0114. The smallest absolute Gasteiger partial charge is 0.178 e. The Morgan fingerprint density at radius 3 is 2.63 bits per heavy atom. The van der Waals surface area contributed by atoms with Crippen LogP contribution in [0.5, 0.6) is 0 Å². The zero-order valence-electron chi connectivity index (χ0n) is 11.2. The van der Waals surface area contributed by atoms with Crippen molar-refractivity contribution in [2.24, 2.45) is 0 Å². The number of nitrogens with zero attached hydrogens (tertiary/aromatic N) is 3. The number of carbonyl (C=O) groups excluding carboxylic acids is 1. The maximum Gasteiger partial charge on any atom is 0.178 e. The summed E-state index contributed by atoms with van der Waals surface area (Å²) in [6.45, 7) is 2.38. The van der Waals surface area contributed by atoms with E-state index in [-0.39, 0.29) is 5.78 Å². The molecule has 0 N–H and O–H groups in total. The van der Waals surface area contributed by atoms with Crippen LogP contribution in [0.4, 0.5) is 5.69 Å². The van der Waals surface area contributed by atoms with Crippen LogP contribution in [0.3, 0.4) is 0 Å². The van der Waals surface area contributed by atoms with Gasteiger partial charge in [0, 0.05) is 38.8 Å². The normalized spacial score (nSPS) is 10.2. The first-order valence-electron chi connectivity index (χ1n) is 6.25. The molecule has 0 aliphatic carbocycles. The minimum Gasteiger partial charge on any atom is -0.373 e. The molecular formula is C15H17N3O. The molecule has 4 nitrogen and oxygen atoms in total. The average Bonchev–Trinajstić information content (AvgIpc) is 2.46. The third-order valence-corrected chi connectivity index (χ3v) is 2.98. The van der Waals surface area contributed by atoms with E-state index in [2.05, 4.69) is 14.9 Å². The second-order valence-corrected chi connectivity index (χ2v) is 4.45. The van der Waals surface area contributed by atoms with Crippen LogP contribution in [0.2, 0.25) is 0 Å². The zero-order chi connectivity index (χ0) is 13.7. The van der Waals surface area contributed by atoms with Gasteiger partial charge < -0.3 is 4.90 Å². The number of ketones is 1. The predicted octanol–water partition coefficient (Wildman–Crippen LogP) is 2.36. The number of hydrogen-bond acceptors (Lipinski definition) is 4. The Morgan fingerprint density at radius 1 is 1.21 bits per heavy atom. The molecule has 0 aromatic carbocycles. The summed E-state index contributed by atoms with van der Waals surface area (Å²) in [5.41, 5.74) is 2.57. The van der Waals surface area contributed by atoms with Crippen molar-refractivity contribution in [3.05, 3.63) is 54.1 Å². The Hall–Kier alpha value is -2.23. The summed E-state index contributed by atoms with van der Waals surface area (Å²) < 4.78 is 0. The van der Waals surface area contributed by atoms with Crippen molar-refractivity contribution in [1.82, 2.24) is 9.97 Å². The van der Waals surface area contributed by atoms with Gasteiger partial charge >= 0.3 is 0 Å². The molecule has 0 fully saturated rings. The summed E-state index contributed by atoms with van der Waals surface area (Å²) in [6, 6.07) is 9.60. The number of carbonyl (C=O) groups is 1. The highest BCUT2D eigenvalue weighted by Gasteiger charge is 2.04. The lowest BCUT2D eigenvalue weighted by Crippen LogP contribution is -2.20. The molecule has 4 heteroatoms. The molecule has 0 radical (unpaired) electrons. The quantitative estimate of drug-likeness (QED) is 0.769. The summed E-state index contributed by atoms with van der Waals surface area (Å²) in [5.74, 6) is -0.0114. The van der Waals surface area contributed by atoms with Gasteiger partial charge in [0.05, 0.1) is 11.9 Å². The molecule has 2 aromatic rings. The first kappa shape index (κ1) is 13.2. The van der Waals surface area contributed by atoms with Gasteiger partial charge in [0.1, 0.15) is 5.69 Å². The molecule has 2 aromatic heterocycles. The average molecular weight is 255 g/mol.